The lowest BCUT2D eigenvalue weighted by Gasteiger charge is -2.02. The predicted molar refractivity (Wildman–Crippen MR) is 76.5 cm³/mol. The lowest BCUT2D eigenvalue weighted by atomic mass is 10.4. The van der Waals surface area contributed by atoms with E-state index in [9.17, 15) is 13.2 Å². The first kappa shape index (κ1) is 14.7. The number of thiazole rings is 1. The van der Waals surface area contributed by atoms with Gasteiger partial charge in [0.25, 0.3) is 5.91 Å². The maximum absolute atomic E-state index is 12.1. The third-order valence-electron chi connectivity index (χ3n) is 2.63. The van der Waals surface area contributed by atoms with E-state index in [2.05, 4.69) is 15.0 Å². The number of hydrogen-bond donors (Lipinski definition) is 2. The van der Waals surface area contributed by atoms with Crippen LogP contribution in [-0.4, -0.2) is 30.9 Å². The molecule has 0 saturated heterocycles. The first-order chi connectivity index (χ1) is 9.33. The monoisotopic (exact) mass is 314 g/mol. The van der Waals surface area contributed by atoms with Gasteiger partial charge in [0.05, 0.1) is 0 Å². The summed E-state index contributed by atoms with van der Waals surface area (Å²) in [7, 11) is -0.638. The number of carbonyl (C=O) groups excluding carboxylic acids is 1. The predicted octanol–water partition coefficient (Wildman–Crippen LogP) is 0.950. The number of nitrogens with one attached hydrogen (secondary N) is 2. The van der Waals surface area contributed by atoms with Crippen molar-refractivity contribution >= 4 is 32.4 Å². The Balaban J connectivity index is 2.27. The third-order valence-corrected chi connectivity index (χ3v) is 4.84. The zero-order valence-corrected chi connectivity index (χ0v) is 12.8. The molecule has 2 rings (SSSR count). The highest BCUT2D eigenvalue weighted by Gasteiger charge is 2.19. The first-order valence-electron chi connectivity index (χ1n) is 5.67. The van der Waals surface area contributed by atoms with Crippen molar-refractivity contribution in [3.8, 4) is 0 Å². The molecule has 0 saturated carbocycles. The van der Waals surface area contributed by atoms with Crippen molar-refractivity contribution in [3.05, 3.63) is 29.0 Å². The zero-order valence-electron chi connectivity index (χ0n) is 11.2. The van der Waals surface area contributed by atoms with Crippen LogP contribution >= 0.6 is 11.3 Å². The van der Waals surface area contributed by atoms with Crippen molar-refractivity contribution in [2.75, 3.05) is 12.4 Å². The fourth-order valence-electron chi connectivity index (χ4n) is 1.60. The molecule has 0 fully saturated rings. The third kappa shape index (κ3) is 2.89. The number of amides is 1. The van der Waals surface area contributed by atoms with Gasteiger partial charge >= 0.3 is 0 Å². The van der Waals surface area contributed by atoms with Crippen molar-refractivity contribution < 1.29 is 13.2 Å². The molecule has 0 aliphatic rings. The highest BCUT2D eigenvalue weighted by atomic mass is 32.2. The maximum atomic E-state index is 12.1. The summed E-state index contributed by atoms with van der Waals surface area (Å²) < 4.78 is 27.0. The van der Waals surface area contributed by atoms with E-state index in [-0.39, 0.29) is 10.6 Å². The van der Waals surface area contributed by atoms with Crippen LogP contribution in [0.15, 0.2) is 23.4 Å². The quantitative estimate of drug-likeness (QED) is 0.878. The minimum absolute atomic E-state index is 0.0444. The van der Waals surface area contributed by atoms with E-state index in [1.165, 1.54) is 35.2 Å². The topological polar surface area (TPSA) is 93.1 Å². The Morgan fingerprint density at radius 1 is 1.45 bits per heavy atom. The summed E-state index contributed by atoms with van der Waals surface area (Å²) in [5.74, 6) is -0.403. The molecule has 9 heteroatoms. The van der Waals surface area contributed by atoms with E-state index in [4.69, 9.17) is 0 Å². The number of carbonyl (C=O) groups is 1. The number of aromatic nitrogens is 2. The second-order valence-corrected chi connectivity index (χ2v) is 7.23. The van der Waals surface area contributed by atoms with E-state index in [0.717, 1.165) is 4.88 Å². The van der Waals surface area contributed by atoms with E-state index < -0.39 is 15.9 Å². The Labute approximate surface area is 120 Å². The molecule has 2 heterocycles. The number of hydrogen-bond acceptors (Lipinski definition) is 5. The molecular weight excluding hydrogens is 300 g/mol. The minimum atomic E-state index is -3.57. The van der Waals surface area contributed by atoms with E-state index >= 15 is 0 Å². The molecule has 0 aliphatic carbocycles. The Morgan fingerprint density at radius 3 is 2.70 bits per heavy atom. The van der Waals surface area contributed by atoms with E-state index in [0.29, 0.717) is 5.13 Å². The summed E-state index contributed by atoms with van der Waals surface area (Å²) in [5, 5.41) is 3.11. The molecule has 2 aromatic heterocycles. The summed E-state index contributed by atoms with van der Waals surface area (Å²) in [6.07, 6.45) is 3.04. The number of anilines is 1. The molecule has 2 aromatic rings. The molecule has 0 aliphatic heterocycles. The standard InChI is InChI=1S/C11H14N4O3S2/c1-7-5-13-11(19-7)14-10(16)9-4-8(6-15(9)3)20(17,18)12-2/h4-6,12H,1-3H3,(H,13,14,16). The SMILES string of the molecule is CNS(=O)(=O)c1cc(C(=O)Nc2ncc(C)s2)n(C)c1. The van der Waals surface area contributed by atoms with E-state index in [1.807, 2.05) is 6.92 Å². The van der Waals surface area contributed by atoms with Crippen LogP contribution in [0.3, 0.4) is 0 Å². The second-order valence-electron chi connectivity index (χ2n) is 4.11. The van der Waals surface area contributed by atoms with Gasteiger partial charge in [-0.15, -0.1) is 11.3 Å². The van der Waals surface area contributed by atoms with Gasteiger partial charge in [-0.05, 0) is 20.0 Å². The number of aryl methyl sites for hydroxylation is 2. The lowest BCUT2D eigenvalue weighted by Crippen LogP contribution is -2.18. The Morgan fingerprint density at radius 2 is 2.15 bits per heavy atom. The average molecular weight is 314 g/mol. The smallest absolute Gasteiger partial charge is 0.274 e. The van der Waals surface area contributed by atoms with Gasteiger partial charge in [0, 0.05) is 24.3 Å². The van der Waals surface area contributed by atoms with Crippen molar-refractivity contribution in [1.29, 1.82) is 0 Å². The highest BCUT2D eigenvalue weighted by Crippen LogP contribution is 2.19. The molecule has 7 nitrogen and oxygen atoms in total. The van der Waals surface area contributed by atoms with Crippen LogP contribution in [0.2, 0.25) is 0 Å². The summed E-state index contributed by atoms with van der Waals surface area (Å²) in [5.41, 5.74) is 0.242. The van der Waals surface area contributed by atoms with Crippen molar-refractivity contribution in [2.45, 2.75) is 11.8 Å². The van der Waals surface area contributed by atoms with Crippen LogP contribution in [0, 0.1) is 6.92 Å². The summed E-state index contributed by atoms with van der Waals surface area (Å²) >= 11 is 1.35. The van der Waals surface area contributed by atoms with Gasteiger partial charge in [-0.25, -0.2) is 18.1 Å². The number of sulfonamides is 1. The normalized spacial score (nSPS) is 11.6. The van der Waals surface area contributed by atoms with Gasteiger partial charge in [0.15, 0.2) is 5.13 Å². The van der Waals surface area contributed by atoms with Gasteiger partial charge < -0.3 is 4.57 Å². The van der Waals surface area contributed by atoms with Crippen LogP contribution in [0.5, 0.6) is 0 Å². The van der Waals surface area contributed by atoms with Crippen molar-refractivity contribution in [1.82, 2.24) is 14.3 Å². The minimum Gasteiger partial charge on any atom is -0.345 e. The molecule has 2 N–H and O–H groups in total. The van der Waals surface area contributed by atoms with Gasteiger partial charge in [-0.2, -0.15) is 0 Å². The molecule has 1 amide bonds. The number of nitrogens with zero attached hydrogens (tertiary/aromatic N) is 2. The summed E-state index contributed by atoms with van der Waals surface area (Å²) in [6.45, 7) is 1.88. The van der Waals surface area contributed by atoms with Gasteiger partial charge in [-0.3, -0.25) is 10.1 Å². The average Bonchev–Trinajstić information content (AvgIpc) is 2.96. The first-order valence-corrected chi connectivity index (χ1v) is 7.97. The van der Waals surface area contributed by atoms with Crippen LogP contribution in [0.25, 0.3) is 0 Å². The highest BCUT2D eigenvalue weighted by molar-refractivity contribution is 7.89. The largest absolute Gasteiger partial charge is 0.345 e. The molecule has 20 heavy (non-hydrogen) atoms. The Kier molecular flexibility index (Phi) is 3.93. The molecule has 0 aromatic carbocycles. The molecule has 0 radical (unpaired) electrons. The van der Waals surface area contributed by atoms with E-state index in [1.54, 1.807) is 13.2 Å². The van der Waals surface area contributed by atoms with Crippen LogP contribution in [0.1, 0.15) is 15.4 Å². The van der Waals surface area contributed by atoms with Gasteiger partial charge in [0.1, 0.15) is 10.6 Å². The number of rotatable bonds is 4. The second kappa shape index (κ2) is 5.35. The summed E-state index contributed by atoms with van der Waals surface area (Å²) in [6, 6.07) is 1.32. The van der Waals surface area contributed by atoms with Crippen LogP contribution in [0.4, 0.5) is 5.13 Å². The van der Waals surface area contributed by atoms with Crippen LogP contribution < -0.4 is 10.0 Å². The van der Waals surface area contributed by atoms with Crippen molar-refractivity contribution in [2.24, 2.45) is 7.05 Å². The Hall–Kier alpha value is -1.71. The van der Waals surface area contributed by atoms with Crippen molar-refractivity contribution in [3.63, 3.8) is 0 Å². The summed E-state index contributed by atoms with van der Waals surface area (Å²) in [4.78, 5) is 17.1. The van der Waals surface area contributed by atoms with Crippen LogP contribution in [-0.2, 0) is 17.1 Å². The fraction of sp³-hybridized carbons (Fsp3) is 0.273. The molecule has 0 atom stereocenters. The zero-order chi connectivity index (χ0) is 14.9. The lowest BCUT2D eigenvalue weighted by molar-refractivity contribution is 0.101. The van der Waals surface area contributed by atoms with Gasteiger partial charge in [-0.1, -0.05) is 0 Å². The van der Waals surface area contributed by atoms with Gasteiger partial charge in [0.2, 0.25) is 10.0 Å². The Bertz CT molecular complexity index is 746. The molecular formula is C11H14N4O3S2. The maximum Gasteiger partial charge on any atom is 0.274 e. The molecule has 0 unspecified atom stereocenters. The molecule has 108 valence electrons. The molecule has 0 spiro atoms. The molecule has 0 bridgehead atoms. The fourth-order valence-corrected chi connectivity index (χ4v) is 3.06.